The molecule has 0 saturated carbocycles. The number of fused-ring (bicyclic) bond motifs is 1. The number of nitrogens with zero attached hydrogens (tertiary/aromatic N) is 4. The molecule has 2 aromatic heterocycles. The lowest BCUT2D eigenvalue weighted by Gasteiger charge is -1.98. The first-order valence-corrected chi connectivity index (χ1v) is 6.67. The molecule has 1 aromatic carbocycles. The van der Waals surface area contributed by atoms with Crippen LogP contribution in [0.25, 0.3) is 10.2 Å². The Kier molecular flexibility index (Phi) is 3.12. The number of rotatable bonds is 4. The molecule has 0 atom stereocenters. The molecule has 0 amide bonds. The summed E-state index contributed by atoms with van der Waals surface area (Å²) in [5.41, 5.74) is 0.810. The predicted molar refractivity (Wildman–Crippen MR) is 72.8 cm³/mol. The lowest BCUT2D eigenvalue weighted by atomic mass is 10.3. The number of aromatic nitrogens is 4. The number of hydrogen-bond acceptors (Lipinski definition) is 5. The van der Waals surface area contributed by atoms with Crippen LogP contribution in [-0.4, -0.2) is 26.3 Å². The molecule has 0 aliphatic carbocycles. The van der Waals surface area contributed by atoms with Crippen molar-refractivity contribution < 1.29 is 4.39 Å². The van der Waals surface area contributed by atoms with E-state index < -0.39 is 0 Å². The Labute approximate surface area is 113 Å². The molecule has 5 nitrogen and oxygen atoms in total. The summed E-state index contributed by atoms with van der Waals surface area (Å²) in [4.78, 5) is 8.53. The van der Waals surface area contributed by atoms with E-state index in [1.54, 1.807) is 17.1 Å². The Hall–Kier alpha value is -2.02. The summed E-state index contributed by atoms with van der Waals surface area (Å²) in [6, 6.07) is 4.61. The van der Waals surface area contributed by atoms with Crippen LogP contribution in [-0.2, 0) is 13.5 Å². The molecule has 2 heterocycles. The molecule has 0 radical (unpaired) electrons. The van der Waals surface area contributed by atoms with Crippen molar-refractivity contribution in [3.63, 3.8) is 0 Å². The summed E-state index contributed by atoms with van der Waals surface area (Å²) < 4.78 is 15.6. The van der Waals surface area contributed by atoms with Gasteiger partial charge in [0, 0.05) is 20.0 Å². The fourth-order valence-electron chi connectivity index (χ4n) is 1.75. The van der Waals surface area contributed by atoms with E-state index in [4.69, 9.17) is 0 Å². The van der Waals surface area contributed by atoms with Gasteiger partial charge in [0.25, 0.3) is 0 Å². The first kappa shape index (κ1) is 12.0. The number of halogens is 1. The monoisotopic (exact) mass is 277 g/mol. The normalized spacial score (nSPS) is 11.1. The van der Waals surface area contributed by atoms with E-state index in [0.29, 0.717) is 6.54 Å². The van der Waals surface area contributed by atoms with Crippen molar-refractivity contribution in [2.45, 2.75) is 6.42 Å². The molecule has 1 N–H and O–H groups in total. The second-order valence-corrected chi connectivity index (χ2v) is 5.17. The fraction of sp³-hybridized carbons (Fsp3) is 0.250. The first-order valence-electron chi connectivity index (χ1n) is 5.85. The average molecular weight is 277 g/mol. The SMILES string of the molecule is Cn1cnc(CCNc2nc3ccc(F)cc3s2)n1. The molecule has 0 fully saturated rings. The third kappa shape index (κ3) is 2.70. The third-order valence-electron chi connectivity index (χ3n) is 2.62. The molecule has 0 saturated heterocycles. The van der Waals surface area contributed by atoms with Crippen LogP contribution in [0.1, 0.15) is 5.82 Å². The Morgan fingerprint density at radius 1 is 1.42 bits per heavy atom. The summed E-state index contributed by atoms with van der Waals surface area (Å²) in [6.45, 7) is 0.701. The van der Waals surface area contributed by atoms with Gasteiger partial charge in [-0.25, -0.2) is 14.4 Å². The first-order chi connectivity index (χ1) is 9.20. The zero-order valence-corrected chi connectivity index (χ0v) is 11.1. The van der Waals surface area contributed by atoms with E-state index >= 15 is 0 Å². The Morgan fingerprint density at radius 2 is 2.32 bits per heavy atom. The van der Waals surface area contributed by atoms with Gasteiger partial charge in [-0.2, -0.15) is 5.10 Å². The van der Waals surface area contributed by atoms with Gasteiger partial charge in [0.1, 0.15) is 12.1 Å². The molecule has 98 valence electrons. The van der Waals surface area contributed by atoms with Crippen molar-refractivity contribution in [1.82, 2.24) is 19.7 Å². The molecule has 7 heteroatoms. The Bertz CT molecular complexity index is 705. The zero-order chi connectivity index (χ0) is 13.2. The van der Waals surface area contributed by atoms with E-state index in [-0.39, 0.29) is 5.82 Å². The molecule has 19 heavy (non-hydrogen) atoms. The van der Waals surface area contributed by atoms with E-state index in [1.165, 1.54) is 23.5 Å². The van der Waals surface area contributed by atoms with Crippen LogP contribution in [0, 0.1) is 5.82 Å². The number of anilines is 1. The summed E-state index contributed by atoms with van der Waals surface area (Å²) in [5, 5.41) is 8.19. The topological polar surface area (TPSA) is 55.6 Å². The minimum Gasteiger partial charge on any atom is -0.361 e. The number of aryl methyl sites for hydroxylation is 1. The van der Waals surface area contributed by atoms with Crippen molar-refractivity contribution in [2.24, 2.45) is 7.05 Å². The molecular formula is C12H12FN5S. The van der Waals surface area contributed by atoms with Crippen LogP contribution in [0.15, 0.2) is 24.5 Å². The molecule has 0 unspecified atom stereocenters. The summed E-state index contributed by atoms with van der Waals surface area (Å²) in [6.07, 6.45) is 2.40. The lowest BCUT2D eigenvalue weighted by Crippen LogP contribution is -2.06. The smallest absolute Gasteiger partial charge is 0.183 e. The van der Waals surface area contributed by atoms with Gasteiger partial charge < -0.3 is 5.32 Å². The lowest BCUT2D eigenvalue weighted by molar-refractivity contribution is 0.630. The Morgan fingerprint density at radius 3 is 3.11 bits per heavy atom. The van der Waals surface area contributed by atoms with Crippen LogP contribution in [0.5, 0.6) is 0 Å². The van der Waals surface area contributed by atoms with Gasteiger partial charge in [-0.1, -0.05) is 11.3 Å². The number of nitrogens with one attached hydrogen (secondary N) is 1. The quantitative estimate of drug-likeness (QED) is 0.794. The van der Waals surface area contributed by atoms with E-state index in [0.717, 1.165) is 27.6 Å². The van der Waals surface area contributed by atoms with Crippen LogP contribution in [0.4, 0.5) is 9.52 Å². The summed E-state index contributed by atoms with van der Waals surface area (Å²) in [5.74, 6) is 0.558. The second-order valence-electron chi connectivity index (χ2n) is 4.14. The maximum absolute atomic E-state index is 13.1. The maximum atomic E-state index is 13.1. The van der Waals surface area contributed by atoms with Gasteiger partial charge >= 0.3 is 0 Å². The molecular weight excluding hydrogens is 265 g/mol. The van der Waals surface area contributed by atoms with Crippen molar-refractivity contribution in [3.05, 3.63) is 36.2 Å². The third-order valence-corrected chi connectivity index (χ3v) is 3.60. The average Bonchev–Trinajstić information content (AvgIpc) is 2.95. The van der Waals surface area contributed by atoms with Crippen molar-refractivity contribution in [3.8, 4) is 0 Å². The van der Waals surface area contributed by atoms with Crippen LogP contribution in [0.2, 0.25) is 0 Å². The van der Waals surface area contributed by atoms with E-state index in [9.17, 15) is 4.39 Å². The van der Waals surface area contributed by atoms with Crippen LogP contribution in [0.3, 0.4) is 0 Å². The number of thiazole rings is 1. The highest BCUT2D eigenvalue weighted by atomic mass is 32.1. The van der Waals surface area contributed by atoms with Crippen LogP contribution < -0.4 is 5.32 Å². The van der Waals surface area contributed by atoms with Gasteiger partial charge in [0.05, 0.1) is 10.2 Å². The van der Waals surface area contributed by atoms with Crippen LogP contribution >= 0.6 is 11.3 Å². The standard InChI is InChI=1S/C12H12FN5S/c1-18-7-15-11(17-18)4-5-14-12-16-9-3-2-8(13)6-10(9)19-12/h2-3,6-7H,4-5H2,1H3,(H,14,16). The molecule has 3 aromatic rings. The highest BCUT2D eigenvalue weighted by Gasteiger charge is 2.05. The largest absolute Gasteiger partial charge is 0.361 e. The second kappa shape index (κ2) is 4.93. The molecule has 0 spiro atoms. The highest BCUT2D eigenvalue weighted by Crippen LogP contribution is 2.26. The van der Waals surface area contributed by atoms with Crippen molar-refractivity contribution >= 4 is 26.7 Å². The molecule has 3 rings (SSSR count). The number of benzene rings is 1. The van der Waals surface area contributed by atoms with Gasteiger partial charge in [-0.15, -0.1) is 0 Å². The summed E-state index contributed by atoms with van der Waals surface area (Å²) in [7, 11) is 1.84. The van der Waals surface area contributed by atoms with Gasteiger partial charge in [0.2, 0.25) is 0 Å². The highest BCUT2D eigenvalue weighted by molar-refractivity contribution is 7.22. The van der Waals surface area contributed by atoms with Gasteiger partial charge in [0.15, 0.2) is 11.0 Å². The Balaban J connectivity index is 1.65. The van der Waals surface area contributed by atoms with Crippen molar-refractivity contribution in [1.29, 1.82) is 0 Å². The van der Waals surface area contributed by atoms with E-state index in [1.807, 2.05) is 7.05 Å². The molecule has 0 aliphatic heterocycles. The zero-order valence-electron chi connectivity index (χ0n) is 10.3. The minimum absolute atomic E-state index is 0.236. The molecule has 0 bridgehead atoms. The van der Waals surface area contributed by atoms with Gasteiger partial charge in [-0.3, -0.25) is 4.68 Å². The van der Waals surface area contributed by atoms with Gasteiger partial charge in [-0.05, 0) is 18.2 Å². The minimum atomic E-state index is -0.236. The fourth-order valence-corrected chi connectivity index (χ4v) is 2.67. The maximum Gasteiger partial charge on any atom is 0.183 e. The van der Waals surface area contributed by atoms with E-state index in [2.05, 4.69) is 20.4 Å². The van der Waals surface area contributed by atoms with Crippen molar-refractivity contribution in [2.75, 3.05) is 11.9 Å². The predicted octanol–water partition coefficient (Wildman–Crippen LogP) is 2.22. The molecule has 0 aliphatic rings. The summed E-state index contributed by atoms with van der Waals surface area (Å²) >= 11 is 1.44. The number of hydrogen-bond donors (Lipinski definition) is 1.